The third-order valence-electron chi connectivity index (χ3n) is 3.61. The summed E-state index contributed by atoms with van der Waals surface area (Å²) < 4.78 is 1.83. The van der Waals surface area contributed by atoms with Crippen LogP contribution in [0.15, 0.2) is 36.4 Å². The largest absolute Gasteiger partial charge is 0.394 e. The maximum atomic E-state index is 9.28. The van der Waals surface area contributed by atoms with E-state index in [2.05, 4.69) is 23.4 Å². The van der Waals surface area contributed by atoms with E-state index in [4.69, 9.17) is 4.98 Å². The highest BCUT2D eigenvalue weighted by atomic mass is 16.3. The lowest BCUT2D eigenvalue weighted by molar-refractivity contribution is 0.281. The van der Waals surface area contributed by atoms with E-state index in [-0.39, 0.29) is 12.6 Å². The van der Waals surface area contributed by atoms with Crippen molar-refractivity contribution >= 4 is 11.5 Å². The van der Waals surface area contributed by atoms with E-state index in [9.17, 15) is 5.11 Å². The van der Waals surface area contributed by atoms with Crippen molar-refractivity contribution in [2.75, 3.05) is 11.9 Å². The monoisotopic (exact) mass is 296 g/mol. The molecule has 0 aliphatic heterocycles. The van der Waals surface area contributed by atoms with Gasteiger partial charge in [-0.1, -0.05) is 30.3 Å². The molecule has 0 radical (unpaired) electrons. The van der Waals surface area contributed by atoms with E-state index in [0.717, 1.165) is 28.0 Å². The Morgan fingerprint density at radius 2 is 1.95 bits per heavy atom. The minimum atomic E-state index is -0.0863. The number of anilines is 1. The molecule has 2 N–H and O–H groups in total. The zero-order chi connectivity index (χ0) is 15.7. The fourth-order valence-electron chi connectivity index (χ4n) is 2.59. The molecule has 0 fully saturated rings. The molecule has 3 aromatic rings. The number of fused-ring (bicyclic) bond motifs is 1. The molecule has 5 heteroatoms. The fourth-order valence-corrected chi connectivity index (χ4v) is 2.59. The van der Waals surface area contributed by atoms with Gasteiger partial charge in [0.15, 0.2) is 0 Å². The molecule has 5 nitrogen and oxygen atoms in total. The van der Waals surface area contributed by atoms with Crippen LogP contribution in [0.2, 0.25) is 0 Å². The lowest BCUT2D eigenvalue weighted by atomic mass is 10.1. The number of nitrogens with one attached hydrogen (secondary N) is 1. The molecule has 0 bridgehead atoms. The van der Waals surface area contributed by atoms with Crippen molar-refractivity contribution < 1.29 is 5.11 Å². The highest BCUT2D eigenvalue weighted by molar-refractivity contribution is 5.81. The number of rotatable bonds is 4. The number of aliphatic hydroxyl groups excluding tert-OH is 1. The number of nitrogens with zero attached hydrogens (tertiary/aromatic N) is 3. The number of imidazole rings is 1. The average molecular weight is 296 g/mol. The molecule has 0 saturated heterocycles. The van der Waals surface area contributed by atoms with Crippen LogP contribution < -0.4 is 5.32 Å². The van der Waals surface area contributed by atoms with Crippen LogP contribution in [0.4, 0.5) is 5.95 Å². The van der Waals surface area contributed by atoms with Crippen LogP contribution in [0.1, 0.15) is 18.2 Å². The van der Waals surface area contributed by atoms with Crippen LogP contribution in [-0.2, 0) is 0 Å². The predicted molar refractivity (Wildman–Crippen MR) is 88.1 cm³/mol. The van der Waals surface area contributed by atoms with Gasteiger partial charge in [-0.25, -0.2) is 4.98 Å². The molecule has 1 atom stereocenters. The van der Waals surface area contributed by atoms with Gasteiger partial charge >= 0.3 is 0 Å². The van der Waals surface area contributed by atoms with E-state index in [0.29, 0.717) is 5.95 Å². The first-order chi connectivity index (χ1) is 10.6. The van der Waals surface area contributed by atoms with Gasteiger partial charge < -0.3 is 10.4 Å². The summed E-state index contributed by atoms with van der Waals surface area (Å²) in [6.07, 6.45) is 0. The molecule has 1 aromatic carbocycles. The van der Waals surface area contributed by atoms with Gasteiger partial charge in [0.25, 0.3) is 0 Å². The van der Waals surface area contributed by atoms with Crippen molar-refractivity contribution in [2.24, 2.45) is 0 Å². The van der Waals surface area contributed by atoms with Gasteiger partial charge in [-0.3, -0.25) is 0 Å². The molecule has 0 aliphatic carbocycles. The SMILES string of the molecule is Cc1cc(C)c2c(-c3ccccc3)nc(NC(C)CO)n2n1. The van der Waals surface area contributed by atoms with Crippen LogP contribution in [0.25, 0.3) is 16.8 Å². The second kappa shape index (κ2) is 5.77. The normalized spacial score (nSPS) is 12.5. The number of hydrogen-bond acceptors (Lipinski definition) is 4. The second-order valence-corrected chi connectivity index (χ2v) is 5.61. The smallest absolute Gasteiger partial charge is 0.225 e. The van der Waals surface area contributed by atoms with E-state index in [1.807, 2.05) is 48.7 Å². The van der Waals surface area contributed by atoms with Gasteiger partial charge in [0.05, 0.1) is 17.8 Å². The van der Waals surface area contributed by atoms with E-state index in [1.54, 1.807) is 0 Å². The Kier molecular flexibility index (Phi) is 3.81. The zero-order valence-corrected chi connectivity index (χ0v) is 13.0. The van der Waals surface area contributed by atoms with Crippen LogP contribution >= 0.6 is 0 Å². The van der Waals surface area contributed by atoms with Crippen molar-refractivity contribution in [1.29, 1.82) is 0 Å². The Balaban J connectivity index is 2.24. The zero-order valence-electron chi connectivity index (χ0n) is 13.0. The lowest BCUT2D eigenvalue weighted by Gasteiger charge is -2.10. The van der Waals surface area contributed by atoms with Gasteiger partial charge in [-0.2, -0.15) is 9.61 Å². The summed E-state index contributed by atoms with van der Waals surface area (Å²) >= 11 is 0. The van der Waals surface area contributed by atoms with Gasteiger partial charge in [-0.05, 0) is 32.4 Å². The lowest BCUT2D eigenvalue weighted by Crippen LogP contribution is -2.21. The van der Waals surface area contributed by atoms with Gasteiger partial charge in [0.1, 0.15) is 5.69 Å². The number of hydrogen-bond donors (Lipinski definition) is 2. The maximum absolute atomic E-state index is 9.28. The Morgan fingerprint density at radius 3 is 2.64 bits per heavy atom. The standard InChI is InChI=1S/C17H20N4O/c1-11-9-12(2)20-21-16(11)15(14-7-5-4-6-8-14)19-17(21)18-13(3)10-22/h4-9,13,22H,10H2,1-3H3,(H,18,19). The molecule has 0 saturated carbocycles. The summed E-state index contributed by atoms with van der Waals surface area (Å²) in [6.45, 7) is 5.98. The molecule has 1 unspecified atom stereocenters. The number of benzene rings is 1. The molecular weight excluding hydrogens is 276 g/mol. The van der Waals surface area contributed by atoms with E-state index in [1.165, 1.54) is 0 Å². The van der Waals surface area contributed by atoms with Crippen LogP contribution in [-0.4, -0.2) is 32.4 Å². The summed E-state index contributed by atoms with van der Waals surface area (Å²) in [6, 6.07) is 12.0. The first-order valence-corrected chi connectivity index (χ1v) is 7.40. The fraction of sp³-hybridized carbons (Fsp3) is 0.294. The summed E-state index contributed by atoms with van der Waals surface area (Å²) in [7, 11) is 0. The number of aliphatic hydroxyl groups is 1. The number of aromatic nitrogens is 3. The summed E-state index contributed by atoms with van der Waals surface area (Å²) in [5, 5.41) is 17.1. The Hall–Kier alpha value is -2.40. The van der Waals surface area contributed by atoms with Gasteiger partial charge in [0, 0.05) is 11.6 Å². The van der Waals surface area contributed by atoms with Crippen LogP contribution in [0.5, 0.6) is 0 Å². The Labute approximate surface area is 129 Å². The highest BCUT2D eigenvalue weighted by Gasteiger charge is 2.17. The summed E-state index contributed by atoms with van der Waals surface area (Å²) in [4.78, 5) is 4.73. The maximum Gasteiger partial charge on any atom is 0.225 e. The molecule has 2 heterocycles. The molecule has 0 spiro atoms. The summed E-state index contributed by atoms with van der Waals surface area (Å²) in [5.41, 5.74) is 5.01. The first kappa shape index (κ1) is 14.5. The third-order valence-corrected chi connectivity index (χ3v) is 3.61. The molecule has 3 rings (SSSR count). The molecule has 114 valence electrons. The summed E-state index contributed by atoms with van der Waals surface area (Å²) in [5.74, 6) is 0.655. The van der Waals surface area contributed by atoms with Crippen molar-refractivity contribution in [3.05, 3.63) is 47.7 Å². The highest BCUT2D eigenvalue weighted by Crippen LogP contribution is 2.29. The van der Waals surface area contributed by atoms with Crippen molar-refractivity contribution in [3.63, 3.8) is 0 Å². The topological polar surface area (TPSA) is 62.5 Å². The molecule has 22 heavy (non-hydrogen) atoms. The Morgan fingerprint density at radius 1 is 1.23 bits per heavy atom. The molecule has 0 aliphatic rings. The molecule has 0 amide bonds. The van der Waals surface area contributed by atoms with Gasteiger partial charge in [-0.15, -0.1) is 0 Å². The van der Waals surface area contributed by atoms with E-state index < -0.39 is 0 Å². The van der Waals surface area contributed by atoms with Crippen molar-refractivity contribution in [1.82, 2.24) is 14.6 Å². The number of aryl methyl sites for hydroxylation is 2. The molecule has 2 aromatic heterocycles. The molecular formula is C17H20N4O. The van der Waals surface area contributed by atoms with Gasteiger partial charge in [0.2, 0.25) is 5.95 Å². The van der Waals surface area contributed by atoms with E-state index >= 15 is 0 Å². The minimum absolute atomic E-state index is 0.0420. The Bertz CT molecular complexity index is 795. The third kappa shape index (κ3) is 2.55. The predicted octanol–water partition coefficient (Wildman–Crippen LogP) is 2.81. The quantitative estimate of drug-likeness (QED) is 0.777. The van der Waals surface area contributed by atoms with Crippen molar-refractivity contribution in [2.45, 2.75) is 26.8 Å². The van der Waals surface area contributed by atoms with Crippen LogP contribution in [0, 0.1) is 13.8 Å². The average Bonchev–Trinajstić information content (AvgIpc) is 2.87. The first-order valence-electron chi connectivity index (χ1n) is 7.40. The van der Waals surface area contributed by atoms with Crippen molar-refractivity contribution in [3.8, 4) is 11.3 Å². The second-order valence-electron chi connectivity index (χ2n) is 5.61. The minimum Gasteiger partial charge on any atom is -0.394 e. The van der Waals surface area contributed by atoms with Crippen LogP contribution in [0.3, 0.4) is 0 Å².